The Morgan fingerprint density at radius 2 is 2.08 bits per heavy atom. The average molecular weight is 175 g/mol. The third kappa shape index (κ3) is 4.18. The SMILES string of the molecule is CCOC(=O)N(CC)CCOC. The minimum atomic E-state index is -0.267. The highest BCUT2D eigenvalue weighted by atomic mass is 16.6. The summed E-state index contributed by atoms with van der Waals surface area (Å²) in [5.74, 6) is 0. The molecular formula is C8H17NO3. The quantitative estimate of drug-likeness (QED) is 0.628. The van der Waals surface area contributed by atoms with Gasteiger partial charge in [-0.1, -0.05) is 0 Å². The lowest BCUT2D eigenvalue weighted by atomic mass is 10.5. The Morgan fingerprint density at radius 1 is 1.42 bits per heavy atom. The third-order valence-corrected chi connectivity index (χ3v) is 1.47. The van der Waals surface area contributed by atoms with Crippen LogP contribution in [0.1, 0.15) is 13.8 Å². The summed E-state index contributed by atoms with van der Waals surface area (Å²) < 4.78 is 9.68. The van der Waals surface area contributed by atoms with Crippen molar-refractivity contribution in [3.63, 3.8) is 0 Å². The van der Waals surface area contributed by atoms with E-state index in [9.17, 15) is 4.79 Å². The number of hydrogen-bond acceptors (Lipinski definition) is 3. The monoisotopic (exact) mass is 175 g/mol. The molecule has 0 aromatic heterocycles. The van der Waals surface area contributed by atoms with Gasteiger partial charge in [0.05, 0.1) is 13.2 Å². The van der Waals surface area contributed by atoms with Gasteiger partial charge in [-0.15, -0.1) is 0 Å². The Balaban J connectivity index is 3.71. The Bertz CT molecular complexity index is 127. The van der Waals surface area contributed by atoms with Gasteiger partial charge < -0.3 is 14.4 Å². The molecule has 4 nitrogen and oxygen atoms in total. The molecule has 1 amide bonds. The van der Waals surface area contributed by atoms with Gasteiger partial charge in [-0.2, -0.15) is 0 Å². The maximum absolute atomic E-state index is 11.1. The van der Waals surface area contributed by atoms with Gasteiger partial charge in [-0.3, -0.25) is 0 Å². The van der Waals surface area contributed by atoms with E-state index in [1.54, 1.807) is 18.9 Å². The van der Waals surface area contributed by atoms with Crippen LogP contribution in [0, 0.1) is 0 Å². The van der Waals surface area contributed by atoms with Crippen LogP contribution in [-0.2, 0) is 9.47 Å². The van der Waals surface area contributed by atoms with Gasteiger partial charge >= 0.3 is 6.09 Å². The molecule has 0 bridgehead atoms. The molecule has 0 radical (unpaired) electrons. The fourth-order valence-corrected chi connectivity index (χ4v) is 0.795. The zero-order chi connectivity index (χ0) is 9.40. The first-order chi connectivity index (χ1) is 5.76. The normalized spacial score (nSPS) is 9.58. The zero-order valence-corrected chi connectivity index (χ0v) is 8.00. The molecule has 0 aliphatic carbocycles. The van der Waals surface area contributed by atoms with Crippen LogP contribution in [-0.4, -0.2) is 44.4 Å². The molecule has 72 valence electrons. The molecular weight excluding hydrogens is 158 g/mol. The molecule has 0 aliphatic rings. The van der Waals surface area contributed by atoms with Gasteiger partial charge in [0.15, 0.2) is 0 Å². The second-order valence-corrected chi connectivity index (χ2v) is 2.27. The van der Waals surface area contributed by atoms with E-state index in [-0.39, 0.29) is 6.09 Å². The number of hydrogen-bond donors (Lipinski definition) is 0. The largest absolute Gasteiger partial charge is 0.450 e. The van der Waals surface area contributed by atoms with Crippen LogP contribution in [0.3, 0.4) is 0 Å². The van der Waals surface area contributed by atoms with E-state index in [0.717, 1.165) is 0 Å². The predicted molar refractivity (Wildman–Crippen MR) is 46.1 cm³/mol. The van der Waals surface area contributed by atoms with Crippen LogP contribution < -0.4 is 0 Å². The number of nitrogens with zero attached hydrogens (tertiary/aromatic N) is 1. The van der Waals surface area contributed by atoms with E-state index in [4.69, 9.17) is 9.47 Å². The standard InChI is InChI=1S/C8H17NO3/c1-4-9(6-7-11-3)8(10)12-5-2/h4-7H2,1-3H3. The molecule has 0 aromatic rings. The van der Waals surface area contributed by atoms with E-state index in [2.05, 4.69) is 0 Å². The summed E-state index contributed by atoms with van der Waals surface area (Å²) in [6.45, 7) is 5.91. The van der Waals surface area contributed by atoms with Crippen LogP contribution in [0.25, 0.3) is 0 Å². The summed E-state index contributed by atoms with van der Waals surface area (Å²) in [5.41, 5.74) is 0. The van der Waals surface area contributed by atoms with Gasteiger partial charge in [0, 0.05) is 20.2 Å². The first-order valence-electron chi connectivity index (χ1n) is 4.16. The van der Waals surface area contributed by atoms with Crippen molar-refractivity contribution in [3.05, 3.63) is 0 Å². The highest BCUT2D eigenvalue weighted by Crippen LogP contribution is 1.93. The fourth-order valence-electron chi connectivity index (χ4n) is 0.795. The molecule has 0 saturated heterocycles. The molecule has 0 rings (SSSR count). The van der Waals surface area contributed by atoms with E-state index in [1.165, 1.54) is 0 Å². The lowest BCUT2D eigenvalue weighted by Gasteiger charge is -2.18. The van der Waals surface area contributed by atoms with Gasteiger partial charge in [-0.25, -0.2) is 4.79 Å². The van der Waals surface area contributed by atoms with E-state index in [1.807, 2.05) is 6.92 Å². The summed E-state index contributed by atoms with van der Waals surface area (Å²) in [6, 6.07) is 0. The second-order valence-electron chi connectivity index (χ2n) is 2.27. The fraction of sp³-hybridized carbons (Fsp3) is 0.875. The summed E-state index contributed by atoms with van der Waals surface area (Å²) in [5, 5.41) is 0. The summed E-state index contributed by atoms with van der Waals surface area (Å²) in [6.07, 6.45) is -0.267. The van der Waals surface area contributed by atoms with Crippen LogP contribution >= 0.6 is 0 Å². The minimum Gasteiger partial charge on any atom is -0.450 e. The molecule has 12 heavy (non-hydrogen) atoms. The van der Waals surface area contributed by atoms with Gasteiger partial charge in [0.2, 0.25) is 0 Å². The number of amides is 1. The van der Waals surface area contributed by atoms with E-state index in [0.29, 0.717) is 26.3 Å². The number of carbonyl (C=O) groups is 1. The summed E-state index contributed by atoms with van der Waals surface area (Å²) in [4.78, 5) is 12.7. The van der Waals surface area contributed by atoms with Crippen molar-refractivity contribution in [1.82, 2.24) is 4.90 Å². The van der Waals surface area contributed by atoms with Crippen molar-refractivity contribution in [2.24, 2.45) is 0 Å². The summed E-state index contributed by atoms with van der Waals surface area (Å²) >= 11 is 0. The number of carbonyl (C=O) groups excluding carboxylic acids is 1. The van der Waals surface area contributed by atoms with Gasteiger partial charge in [0.25, 0.3) is 0 Å². The number of likely N-dealkylation sites (N-methyl/N-ethyl adjacent to an activating group) is 1. The Hall–Kier alpha value is -0.770. The van der Waals surface area contributed by atoms with E-state index >= 15 is 0 Å². The van der Waals surface area contributed by atoms with Crippen LogP contribution in [0.4, 0.5) is 4.79 Å². The molecule has 0 atom stereocenters. The smallest absolute Gasteiger partial charge is 0.409 e. The Labute approximate surface area is 73.4 Å². The number of rotatable bonds is 5. The van der Waals surface area contributed by atoms with E-state index < -0.39 is 0 Å². The van der Waals surface area contributed by atoms with Crippen LogP contribution in [0.5, 0.6) is 0 Å². The lowest BCUT2D eigenvalue weighted by Crippen LogP contribution is -2.34. The number of ether oxygens (including phenoxy) is 2. The maximum Gasteiger partial charge on any atom is 0.409 e. The Morgan fingerprint density at radius 3 is 2.50 bits per heavy atom. The average Bonchev–Trinajstić information content (AvgIpc) is 2.06. The van der Waals surface area contributed by atoms with Crippen molar-refractivity contribution in [2.45, 2.75) is 13.8 Å². The maximum atomic E-state index is 11.1. The molecule has 0 N–H and O–H groups in total. The lowest BCUT2D eigenvalue weighted by molar-refractivity contribution is 0.0933. The van der Waals surface area contributed by atoms with Crippen molar-refractivity contribution in [2.75, 3.05) is 33.4 Å². The molecule has 0 unspecified atom stereocenters. The molecule has 0 saturated carbocycles. The molecule has 0 heterocycles. The van der Waals surface area contributed by atoms with Crippen molar-refractivity contribution < 1.29 is 14.3 Å². The topological polar surface area (TPSA) is 38.8 Å². The highest BCUT2D eigenvalue weighted by Gasteiger charge is 2.10. The first kappa shape index (κ1) is 11.2. The Kier molecular flexibility index (Phi) is 6.47. The predicted octanol–water partition coefficient (Wildman–Crippen LogP) is 1.11. The van der Waals surface area contributed by atoms with Crippen LogP contribution in [0.2, 0.25) is 0 Å². The summed E-state index contributed by atoms with van der Waals surface area (Å²) in [7, 11) is 1.61. The molecule has 0 spiro atoms. The van der Waals surface area contributed by atoms with Gasteiger partial charge in [-0.05, 0) is 13.8 Å². The molecule has 4 heteroatoms. The van der Waals surface area contributed by atoms with Crippen molar-refractivity contribution >= 4 is 6.09 Å². The van der Waals surface area contributed by atoms with Crippen molar-refractivity contribution in [1.29, 1.82) is 0 Å². The van der Waals surface area contributed by atoms with Crippen molar-refractivity contribution in [3.8, 4) is 0 Å². The molecule has 0 aliphatic heterocycles. The second kappa shape index (κ2) is 6.91. The van der Waals surface area contributed by atoms with Gasteiger partial charge in [0.1, 0.15) is 0 Å². The number of methoxy groups -OCH3 is 1. The minimum absolute atomic E-state index is 0.267. The highest BCUT2D eigenvalue weighted by molar-refractivity contribution is 5.67. The first-order valence-corrected chi connectivity index (χ1v) is 4.16. The van der Waals surface area contributed by atoms with Crippen LogP contribution in [0.15, 0.2) is 0 Å². The third-order valence-electron chi connectivity index (χ3n) is 1.47. The molecule has 0 fully saturated rings. The molecule has 0 aromatic carbocycles. The zero-order valence-electron chi connectivity index (χ0n) is 8.00.